The van der Waals surface area contributed by atoms with Crippen LogP contribution in [0.25, 0.3) is 0 Å². The third-order valence-corrected chi connectivity index (χ3v) is 4.22. The third-order valence-electron chi connectivity index (χ3n) is 4.22. The van der Waals surface area contributed by atoms with E-state index in [1.165, 1.54) is 30.6 Å². The Morgan fingerprint density at radius 3 is 2.56 bits per heavy atom. The molecule has 2 amide bonds. The molecule has 32 heavy (non-hydrogen) atoms. The Morgan fingerprint density at radius 2 is 1.97 bits per heavy atom. The number of carbonyl (C=O) groups is 3. The molecule has 0 aliphatic carbocycles. The van der Waals surface area contributed by atoms with Gasteiger partial charge in [-0.2, -0.15) is 0 Å². The van der Waals surface area contributed by atoms with E-state index >= 15 is 0 Å². The average molecular weight is 447 g/mol. The van der Waals surface area contributed by atoms with Crippen molar-refractivity contribution in [1.29, 1.82) is 0 Å². The molecule has 172 valence electrons. The van der Waals surface area contributed by atoms with Crippen molar-refractivity contribution in [3.8, 4) is 11.5 Å². The van der Waals surface area contributed by atoms with Crippen molar-refractivity contribution >= 4 is 24.1 Å². The van der Waals surface area contributed by atoms with Gasteiger partial charge in [-0.25, -0.2) is 10.6 Å². The van der Waals surface area contributed by atoms with Gasteiger partial charge in [-0.15, -0.1) is 0 Å². The molecule has 0 aliphatic heterocycles. The van der Waals surface area contributed by atoms with E-state index in [-0.39, 0.29) is 23.5 Å². The number of nitrogens with zero attached hydrogens (tertiary/aromatic N) is 1. The lowest BCUT2D eigenvalue weighted by molar-refractivity contribution is -0.139. The molecule has 1 aromatic carbocycles. The lowest BCUT2D eigenvalue weighted by Gasteiger charge is -2.15. The first kappa shape index (κ1) is 24.2. The van der Waals surface area contributed by atoms with Gasteiger partial charge < -0.3 is 35.4 Å². The van der Waals surface area contributed by atoms with Gasteiger partial charge in [-0.05, 0) is 32.0 Å². The van der Waals surface area contributed by atoms with E-state index in [1.54, 1.807) is 13.8 Å². The van der Waals surface area contributed by atoms with Crippen molar-refractivity contribution < 1.29 is 33.8 Å². The van der Waals surface area contributed by atoms with Crippen LogP contribution in [0.2, 0.25) is 0 Å². The fraction of sp³-hybridized carbons (Fsp3) is 0.300. The number of aliphatic carboxylic acids is 1. The number of hydrazine groups is 1. The van der Waals surface area contributed by atoms with Crippen molar-refractivity contribution in [2.24, 2.45) is 10.8 Å². The third kappa shape index (κ3) is 6.74. The highest BCUT2D eigenvalue weighted by molar-refractivity contribution is 5.99. The number of amides is 2. The number of phenolic OH excluding ortho intramolecular Hbond substituents is 1. The number of hydrogen-bond donors (Lipinski definition) is 6. The number of nitrogens with one attached hydrogen (secondary N) is 3. The largest absolute Gasteiger partial charge is 0.507 e. The zero-order chi connectivity index (χ0) is 23.7. The van der Waals surface area contributed by atoms with Gasteiger partial charge in [0.1, 0.15) is 35.7 Å². The van der Waals surface area contributed by atoms with Gasteiger partial charge in [0.05, 0.1) is 24.0 Å². The minimum atomic E-state index is -1.39. The van der Waals surface area contributed by atoms with Crippen LogP contribution in [0.5, 0.6) is 11.5 Å². The molecule has 1 aromatic heterocycles. The summed E-state index contributed by atoms with van der Waals surface area (Å²) < 4.78 is 10.7. The molecule has 0 fully saturated rings. The molecule has 1 atom stereocenters. The van der Waals surface area contributed by atoms with E-state index in [2.05, 4.69) is 21.1 Å². The first-order chi connectivity index (χ1) is 15.2. The van der Waals surface area contributed by atoms with E-state index in [0.29, 0.717) is 23.8 Å². The Balaban J connectivity index is 1.95. The van der Waals surface area contributed by atoms with Gasteiger partial charge in [0.2, 0.25) is 0 Å². The van der Waals surface area contributed by atoms with E-state index in [1.807, 2.05) is 0 Å². The normalized spacial score (nSPS) is 11.7. The number of aliphatic imine (C=N–C) groups is 1. The zero-order valence-corrected chi connectivity index (χ0v) is 17.5. The molecule has 2 aromatic rings. The van der Waals surface area contributed by atoms with Crippen LogP contribution in [0.4, 0.5) is 0 Å². The Labute approximate surface area is 183 Å². The van der Waals surface area contributed by atoms with Gasteiger partial charge in [-0.1, -0.05) is 0 Å². The highest BCUT2D eigenvalue weighted by atomic mass is 16.5. The van der Waals surface area contributed by atoms with Crippen molar-refractivity contribution in [2.45, 2.75) is 19.9 Å². The predicted molar refractivity (Wildman–Crippen MR) is 114 cm³/mol. The second-order valence-corrected chi connectivity index (χ2v) is 6.63. The Morgan fingerprint density at radius 1 is 1.22 bits per heavy atom. The van der Waals surface area contributed by atoms with Gasteiger partial charge in [0, 0.05) is 12.6 Å². The van der Waals surface area contributed by atoms with Crippen LogP contribution in [0.1, 0.15) is 32.2 Å². The lowest BCUT2D eigenvalue weighted by atomic mass is 10.1. The Bertz CT molecular complexity index is 1000. The highest BCUT2D eigenvalue weighted by Gasteiger charge is 2.24. The van der Waals surface area contributed by atoms with Gasteiger partial charge in [0.25, 0.3) is 11.8 Å². The van der Waals surface area contributed by atoms with E-state index < -0.39 is 30.4 Å². The number of carboxylic acid groups (broad SMARTS) is 1. The Kier molecular flexibility index (Phi) is 8.60. The number of carboxylic acids is 1. The molecule has 12 heteroatoms. The summed E-state index contributed by atoms with van der Waals surface area (Å²) >= 11 is 0. The second kappa shape index (κ2) is 11.4. The van der Waals surface area contributed by atoms with Crippen LogP contribution in [0, 0.1) is 13.8 Å². The number of phenols is 1. The predicted octanol–water partition coefficient (Wildman–Crippen LogP) is 0.0854. The molecule has 1 heterocycles. The molecule has 0 spiro atoms. The van der Waals surface area contributed by atoms with Crippen LogP contribution in [0.3, 0.4) is 0 Å². The van der Waals surface area contributed by atoms with Crippen LogP contribution in [-0.2, 0) is 4.79 Å². The molecule has 0 unspecified atom stereocenters. The smallest absolute Gasteiger partial charge is 0.328 e. The molecular weight excluding hydrogens is 422 g/mol. The second-order valence-electron chi connectivity index (χ2n) is 6.63. The van der Waals surface area contributed by atoms with Crippen LogP contribution in [0.15, 0.2) is 33.7 Å². The van der Waals surface area contributed by atoms with Crippen LogP contribution >= 0.6 is 0 Å². The molecular formula is C20H25N5O7. The number of furan rings is 1. The van der Waals surface area contributed by atoms with Crippen LogP contribution in [-0.4, -0.2) is 60.1 Å². The summed E-state index contributed by atoms with van der Waals surface area (Å²) in [7, 11) is 0. The van der Waals surface area contributed by atoms with Crippen LogP contribution < -0.4 is 26.6 Å². The quantitative estimate of drug-likeness (QED) is 0.0911. The summed E-state index contributed by atoms with van der Waals surface area (Å²) in [5.74, 6) is 3.16. The zero-order valence-electron chi connectivity index (χ0n) is 17.5. The first-order valence-electron chi connectivity index (χ1n) is 9.52. The highest BCUT2D eigenvalue weighted by Crippen LogP contribution is 2.23. The molecule has 0 bridgehead atoms. The van der Waals surface area contributed by atoms with Crippen molar-refractivity contribution in [2.75, 3.05) is 19.7 Å². The van der Waals surface area contributed by atoms with Gasteiger partial charge >= 0.3 is 5.97 Å². The van der Waals surface area contributed by atoms with Crippen molar-refractivity contribution in [3.05, 3.63) is 46.9 Å². The topological polar surface area (TPSA) is 189 Å². The summed E-state index contributed by atoms with van der Waals surface area (Å²) in [5, 5.41) is 24.2. The molecule has 0 saturated carbocycles. The molecule has 7 N–H and O–H groups in total. The minimum absolute atomic E-state index is 0.0838. The number of benzene rings is 1. The summed E-state index contributed by atoms with van der Waals surface area (Å²) in [5.41, 5.74) is 2.37. The maximum absolute atomic E-state index is 12.4. The molecule has 12 nitrogen and oxygen atoms in total. The molecule has 0 radical (unpaired) electrons. The molecule has 2 rings (SSSR count). The van der Waals surface area contributed by atoms with E-state index in [0.717, 1.165) is 0 Å². The van der Waals surface area contributed by atoms with Crippen molar-refractivity contribution in [1.82, 2.24) is 16.1 Å². The van der Waals surface area contributed by atoms with Crippen molar-refractivity contribution in [3.63, 3.8) is 0 Å². The summed E-state index contributed by atoms with van der Waals surface area (Å²) in [6.07, 6.45) is 1.30. The number of aryl methyl sites for hydroxylation is 2. The SMILES string of the molecule is Cc1cc(C(=O)N[C@@H](CNC(=O)c2ccc(OCCN=CNN)cc2O)C(=O)O)c(C)o1. The average Bonchev–Trinajstić information content (AvgIpc) is 3.08. The number of carbonyl (C=O) groups excluding carboxylic acids is 2. The number of ether oxygens (including phenoxy) is 1. The van der Waals surface area contributed by atoms with Gasteiger partial charge in [-0.3, -0.25) is 14.6 Å². The molecule has 0 aliphatic rings. The lowest BCUT2D eigenvalue weighted by Crippen LogP contribution is -2.48. The standard InChI is InChI=1S/C20H25N5O7/c1-11-7-15(12(2)32-11)19(28)25-16(20(29)30)9-23-18(27)14-4-3-13(8-17(14)26)31-6-5-22-10-24-21/h3-4,7-8,10,16,26H,5-6,9,21H2,1-2H3,(H,22,24)(H,23,27)(H,25,28)(H,29,30)/t16-/m0/s1. The number of aromatic hydroxyl groups is 1. The minimum Gasteiger partial charge on any atom is -0.507 e. The summed E-state index contributed by atoms with van der Waals surface area (Å²) in [6.45, 7) is 3.39. The fourth-order valence-electron chi connectivity index (χ4n) is 2.71. The first-order valence-corrected chi connectivity index (χ1v) is 9.52. The summed E-state index contributed by atoms with van der Waals surface area (Å²) in [6, 6.07) is 4.15. The number of nitrogens with two attached hydrogens (primary N) is 1. The summed E-state index contributed by atoms with van der Waals surface area (Å²) in [4.78, 5) is 40.1. The number of hydrogen-bond acceptors (Lipinski definition) is 8. The van der Waals surface area contributed by atoms with Gasteiger partial charge in [0.15, 0.2) is 0 Å². The Hall–Kier alpha value is -4.06. The fourth-order valence-corrected chi connectivity index (χ4v) is 2.71. The monoisotopic (exact) mass is 447 g/mol. The number of rotatable bonds is 11. The molecule has 0 saturated heterocycles. The van der Waals surface area contributed by atoms with E-state index in [4.69, 9.17) is 15.0 Å². The maximum atomic E-state index is 12.4. The van der Waals surface area contributed by atoms with E-state index in [9.17, 15) is 24.6 Å². The maximum Gasteiger partial charge on any atom is 0.328 e.